The molecule has 0 aliphatic heterocycles. The first kappa shape index (κ1) is 12.5. The van der Waals surface area contributed by atoms with Gasteiger partial charge in [-0.05, 0) is 39.9 Å². The molecule has 0 atom stereocenters. The molecule has 0 N–H and O–H groups in total. The van der Waals surface area contributed by atoms with Gasteiger partial charge in [0.1, 0.15) is 5.82 Å². The third-order valence-corrected chi connectivity index (χ3v) is 2.77. The van der Waals surface area contributed by atoms with E-state index in [1.54, 1.807) is 0 Å². The van der Waals surface area contributed by atoms with Crippen molar-refractivity contribution in [3.63, 3.8) is 0 Å². The summed E-state index contributed by atoms with van der Waals surface area (Å²) in [5.74, 6) is 1.03. The van der Waals surface area contributed by atoms with E-state index in [4.69, 9.17) is 0 Å². The van der Waals surface area contributed by atoms with Crippen LogP contribution in [0.4, 0.5) is 5.82 Å². The normalized spacial score (nSPS) is 11.5. The van der Waals surface area contributed by atoms with Crippen molar-refractivity contribution < 1.29 is 0 Å². The van der Waals surface area contributed by atoms with Crippen molar-refractivity contribution in [3.8, 4) is 0 Å². The van der Waals surface area contributed by atoms with Gasteiger partial charge in [-0.3, -0.25) is 0 Å². The first-order valence-electron chi connectivity index (χ1n) is 5.21. The Balaban J connectivity index is 2.54. The number of aromatic nitrogens is 1. The van der Waals surface area contributed by atoms with Gasteiger partial charge in [-0.1, -0.05) is 20.8 Å². The molecule has 0 aliphatic carbocycles. The summed E-state index contributed by atoms with van der Waals surface area (Å²) in [5.41, 5.74) is 0.379. The summed E-state index contributed by atoms with van der Waals surface area (Å²) in [7, 11) is 2.09. The predicted molar refractivity (Wildman–Crippen MR) is 69.3 cm³/mol. The Morgan fingerprint density at radius 1 is 1.33 bits per heavy atom. The molecular formula is C12H19BrN2. The van der Waals surface area contributed by atoms with E-state index in [9.17, 15) is 0 Å². The zero-order chi connectivity index (χ0) is 11.5. The summed E-state index contributed by atoms with van der Waals surface area (Å²) >= 11 is 3.38. The van der Waals surface area contributed by atoms with Gasteiger partial charge in [0.05, 0.1) is 0 Å². The average Bonchev–Trinajstić information content (AvgIpc) is 2.14. The van der Waals surface area contributed by atoms with Gasteiger partial charge in [0.25, 0.3) is 0 Å². The van der Waals surface area contributed by atoms with Crippen molar-refractivity contribution >= 4 is 21.7 Å². The lowest BCUT2D eigenvalue weighted by molar-refractivity contribution is 0.381. The zero-order valence-corrected chi connectivity index (χ0v) is 11.5. The number of nitrogens with zero attached hydrogens (tertiary/aromatic N) is 2. The van der Waals surface area contributed by atoms with Gasteiger partial charge in [0.2, 0.25) is 0 Å². The highest BCUT2D eigenvalue weighted by Gasteiger charge is 2.11. The van der Waals surface area contributed by atoms with Crippen LogP contribution in [0.1, 0.15) is 27.2 Å². The second-order valence-electron chi connectivity index (χ2n) is 5.07. The molecule has 0 spiro atoms. The molecule has 0 saturated heterocycles. The molecule has 0 saturated carbocycles. The molecule has 1 rings (SSSR count). The van der Waals surface area contributed by atoms with Crippen LogP contribution in [0.5, 0.6) is 0 Å². The Bertz CT molecular complexity index is 300. The topological polar surface area (TPSA) is 16.1 Å². The highest BCUT2D eigenvalue weighted by molar-refractivity contribution is 9.10. The Morgan fingerprint density at radius 3 is 2.47 bits per heavy atom. The van der Waals surface area contributed by atoms with E-state index in [1.165, 1.54) is 6.42 Å². The standard InChI is InChI=1S/C12H19BrN2/c1-12(2,3)7-8-15(4)11-6-5-10(13)9-14-11/h5-6,9H,7-8H2,1-4H3. The zero-order valence-electron chi connectivity index (χ0n) is 9.92. The molecule has 15 heavy (non-hydrogen) atoms. The van der Waals surface area contributed by atoms with E-state index in [-0.39, 0.29) is 0 Å². The van der Waals surface area contributed by atoms with Gasteiger partial charge in [0, 0.05) is 24.3 Å². The van der Waals surface area contributed by atoms with Crippen LogP contribution in [0, 0.1) is 5.41 Å². The van der Waals surface area contributed by atoms with Gasteiger partial charge < -0.3 is 4.90 Å². The Kier molecular flexibility index (Phi) is 4.14. The summed E-state index contributed by atoms with van der Waals surface area (Å²) in [5, 5.41) is 0. The van der Waals surface area contributed by atoms with Crippen LogP contribution in [0.3, 0.4) is 0 Å². The number of hydrogen-bond donors (Lipinski definition) is 0. The molecule has 2 nitrogen and oxygen atoms in total. The smallest absolute Gasteiger partial charge is 0.128 e. The van der Waals surface area contributed by atoms with Crippen LogP contribution in [0.25, 0.3) is 0 Å². The summed E-state index contributed by atoms with van der Waals surface area (Å²) in [6.07, 6.45) is 3.00. The van der Waals surface area contributed by atoms with Gasteiger partial charge in [0.15, 0.2) is 0 Å². The van der Waals surface area contributed by atoms with Crippen molar-refractivity contribution in [3.05, 3.63) is 22.8 Å². The molecule has 3 heteroatoms. The molecule has 0 fully saturated rings. The minimum absolute atomic E-state index is 0.379. The van der Waals surface area contributed by atoms with E-state index in [0.29, 0.717) is 5.41 Å². The van der Waals surface area contributed by atoms with Crippen molar-refractivity contribution in [1.29, 1.82) is 0 Å². The Hall–Kier alpha value is -0.570. The van der Waals surface area contributed by atoms with Gasteiger partial charge in [-0.15, -0.1) is 0 Å². The Labute approximate surface area is 101 Å². The maximum absolute atomic E-state index is 4.36. The molecule has 84 valence electrons. The summed E-state index contributed by atoms with van der Waals surface area (Å²) in [6.45, 7) is 7.82. The summed E-state index contributed by atoms with van der Waals surface area (Å²) in [6, 6.07) is 4.06. The monoisotopic (exact) mass is 270 g/mol. The fourth-order valence-corrected chi connectivity index (χ4v) is 1.45. The number of rotatable bonds is 3. The van der Waals surface area contributed by atoms with E-state index in [1.807, 2.05) is 18.3 Å². The lowest BCUT2D eigenvalue weighted by Gasteiger charge is -2.24. The Morgan fingerprint density at radius 2 is 2.00 bits per heavy atom. The summed E-state index contributed by atoms with van der Waals surface area (Å²) < 4.78 is 1.02. The largest absolute Gasteiger partial charge is 0.360 e. The number of halogens is 1. The molecule has 0 amide bonds. The summed E-state index contributed by atoms with van der Waals surface area (Å²) in [4.78, 5) is 6.55. The van der Waals surface area contributed by atoms with Crippen LogP contribution in [0.2, 0.25) is 0 Å². The third-order valence-electron chi connectivity index (χ3n) is 2.30. The SMILES string of the molecule is CN(CCC(C)(C)C)c1ccc(Br)cn1. The fraction of sp³-hybridized carbons (Fsp3) is 0.583. The second kappa shape index (κ2) is 4.97. The van der Waals surface area contributed by atoms with Crippen LogP contribution in [-0.2, 0) is 0 Å². The number of pyridine rings is 1. The van der Waals surface area contributed by atoms with Gasteiger partial charge in [-0.2, -0.15) is 0 Å². The molecule has 1 aromatic rings. The minimum Gasteiger partial charge on any atom is -0.360 e. The molecule has 0 aliphatic rings. The predicted octanol–water partition coefficient (Wildman–Crippen LogP) is 3.72. The van der Waals surface area contributed by atoms with E-state index in [2.05, 4.69) is 53.6 Å². The first-order chi connectivity index (χ1) is 6.88. The maximum atomic E-state index is 4.36. The fourth-order valence-electron chi connectivity index (χ4n) is 1.21. The van der Waals surface area contributed by atoms with Crippen LogP contribution in [-0.4, -0.2) is 18.6 Å². The number of hydrogen-bond acceptors (Lipinski definition) is 2. The lowest BCUT2D eigenvalue weighted by atomic mass is 9.92. The lowest BCUT2D eigenvalue weighted by Crippen LogP contribution is -2.23. The molecule has 1 aromatic heterocycles. The minimum atomic E-state index is 0.379. The molecule has 0 aromatic carbocycles. The molecular weight excluding hydrogens is 252 g/mol. The van der Waals surface area contributed by atoms with Crippen LogP contribution >= 0.6 is 15.9 Å². The van der Waals surface area contributed by atoms with Crippen LogP contribution < -0.4 is 4.90 Å². The van der Waals surface area contributed by atoms with E-state index < -0.39 is 0 Å². The molecule has 0 radical (unpaired) electrons. The highest BCUT2D eigenvalue weighted by Crippen LogP contribution is 2.20. The van der Waals surface area contributed by atoms with Crippen molar-refractivity contribution in [2.24, 2.45) is 5.41 Å². The van der Waals surface area contributed by atoms with Crippen molar-refractivity contribution in [2.45, 2.75) is 27.2 Å². The van der Waals surface area contributed by atoms with Crippen molar-refractivity contribution in [2.75, 3.05) is 18.5 Å². The van der Waals surface area contributed by atoms with E-state index in [0.717, 1.165) is 16.8 Å². The highest BCUT2D eigenvalue weighted by atomic mass is 79.9. The molecule has 0 unspecified atom stereocenters. The molecule has 1 heterocycles. The van der Waals surface area contributed by atoms with Crippen molar-refractivity contribution in [1.82, 2.24) is 4.98 Å². The van der Waals surface area contributed by atoms with Gasteiger partial charge >= 0.3 is 0 Å². The van der Waals surface area contributed by atoms with E-state index >= 15 is 0 Å². The first-order valence-corrected chi connectivity index (χ1v) is 6.00. The number of anilines is 1. The van der Waals surface area contributed by atoms with Gasteiger partial charge in [-0.25, -0.2) is 4.98 Å². The molecule has 0 bridgehead atoms. The second-order valence-corrected chi connectivity index (χ2v) is 5.98. The quantitative estimate of drug-likeness (QED) is 0.833. The maximum Gasteiger partial charge on any atom is 0.128 e. The third kappa shape index (κ3) is 4.65. The van der Waals surface area contributed by atoms with Crippen LogP contribution in [0.15, 0.2) is 22.8 Å². The average molecular weight is 271 g/mol.